The highest BCUT2D eigenvalue weighted by atomic mass is 32.1. The lowest BCUT2D eigenvalue weighted by Gasteiger charge is -2.28. The minimum atomic E-state index is 0.156. The molecule has 1 atom stereocenters. The fourth-order valence-corrected chi connectivity index (χ4v) is 3.90. The van der Waals surface area contributed by atoms with Crippen molar-refractivity contribution in [3.8, 4) is 5.75 Å². The van der Waals surface area contributed by atoms with Crippen LogP contribution in [0.1, 0.15) is 53.0 Å². The SMILES string of the molecule is CC(C)Oc1cccc2c1[nH]c(=S)n2C1CCCC1(C)C. The zero-order valence-electron chi connectivity index (χ0n) is 13.3. The van der Waals surface area contributed by atoms with Crippen LogP contribution in [0.3, 0.4) is 0 Å². The van der Waals surface area contributed by atoms with Crippen molar-refractivity contribution < 1.29 is 4.74 Å². The number of hydrogen-bond donors (Lipinski definition) is 1. The number of aromatic nitrogens is 2. The molecule has 3 rings (SSSR count). The first-order valence-corrected chi connectivity index (χ1v) is 8.21. The highest BCUT2D eigenvalue weighted by molar-refractivity contribution is 7.71. The van der Waals surface area contributed by atoms with E-state index in [0.29, 0.717) is 11.5 Å². The minimum Gasteiger partial charge on any atom is -0.489 e. The van der Waals surface area contributed by atoms with Crippen LogP contribution in [0.2, 0.25) is 0 Å². The van der Waals surface area contributed by atoms with Crippen LogP contribution in [-0.4, -0.2) is 15.7 Å². The number of imidazole rings is 1. The Morgan fingerprint density at radius 1 is 1.38 bits per heavy atom. The first-order chi connectivity index (χ1) is 9.90. The summed E-state index contributed by atoms with van der Waals surface area (Å²) in [6, 6.07) is 6.68. The van der Waals surface area contributed by atoms with Gasteiger partial charge in [0.25, 0.3) is 0 Å². The summed E-state index contributed by atoms with van der Waals surface area (Å²) in [4.78, 5) is 3.37. The maximum Gasteiger partial charge on any atom is 0.178 e. The molecule has 4 heteroatoms. The molecule has 1 heterocycles. The van der Waals surface area contributed by atoms with Crippen LogP contribution in [0.4, 0.5) is 0 Å². The summed E-state index contributed by atoms with van der Waals surface area (Å²) in [6.45, 7) is 8.79. The van der Waals surface area contributed by atoms with Gasteiger partial charge in [-0.25, -0.2) is 0 Å². The molecule has 0 radical (unpaired) electrons. The van der Waals surface area contributed by atoms with Gasteiger partial charge in [0.1, 0.15) is 11.3 Å². The molecule has 0 aliphatic heterocycles. The number of ether oxygens (including phenoxy) is 1. The third kappa shape index (κ3) is 2.50. The van der Waals surface area contributed by atoms with Gasteiger partial charge in [0, 0.05) is 6.04 Å². The van der Waals surface area contributed by atoms with Gasteiger partial charge in [-0.15, -0.1) is 0 Å². The smallest absolute Gasteiger partial charge is 0.178 e. The number of H-pyrrole nitrogens is 1. The van der Waals surface area contributed by atoms with Crippen molar-refractivity contribution in [2.24, 2.45) is 5.41 Å². The van der Waals surface area contributed by atoms with Crippen LogP contribution in [0, 0.1) is 10.2 Å². The van der Waals surface area contributed by atoms with Crippen molar-refractivity contribution >= 4 is 23.3 Å². The zero-order valence-corrected chi connectivity index (χ0v) is 14.1. The van der Waals surface area contributed by atoms with Crippen LogP contribution >= 0.6 is 12.2 Å². The number of hydrogen-bond acceptors (Lipinski definition) is 2. The standard InChI is InChI=1S/C17H24N2OS/c1-11(2)20-13-8-5-7-12-15(13)18-16(21)19(12)14-9-6-10-17(14,3)4/h5,7-8,11,14H,6,9-10H2,1-4H3,(H,18,21). The Balaban J connectivity index is 2.16. The molecule has 0 amide bonds. The van der Waals surface area contributed by atoms with Crippen molar-refractivity contribution in [3.63, 3.8) is 0 Å². The summed E-state index contributed by atoms with van der Waals surface area (Å²) < 4.78 is 9.04. The largest absolute Gasteiger partial charge is 0.489 e. The van der Waals surface area contributed by atoms with Crippen LogP contribution in [0.15, 0.2) is 18.2 Å². The predicted octanol–water partition coefficient (Wildman–Crippen LogP) is 5.24. The van der Waals surface area contributed by atoms with E-state index in [1.165, 1.54) is 19.3 Å². The van der Waals surface area contributed by atoms with E-state index in [4.69, 9.17) is 17.0 Å². The quantitative estimate of drug-likeness (QED) is 0.786. The van der Waals surface area contributed by atoms with Gasteiger partial charge in [0.2, 0.25) is 0 Å². The molecule has 2 aromatic rings. The maximum absolute atomic E-state index is 5.92. The monoisotopic (exact) mass is 304 g/mol. The molecule has 3 nitrogen and oxygen atoms in total. The summed E-state index contributed by atoms with van der Waals surface area (Å²) in [5.41, 5.74) is 2.49. The second-order valence-corrected chi connectivity index (χ2v) is 7.40. The lowest BCUT2D eigenvalue weighted by molar-refractivity contribution is 0.245. The number of aromatic amines is 1. The normalized spacial score (nSPS) is 21.3. The molecule has 0 saturated heterocycles. The van der Waals surface area contributed by atoms with E-state index in [2.05, 4.69) is 35.5 Å². The Bertz CT molecular complexity index is 711. The lowest BCUT2D eigenvalue weighted by atomic mass is 9.87. The Hall–Kier alpha value is -1.29. The Labute approximate surface area is 131 Å². The van der Waals surface area contributed by atoms with Gasteiger partial charge in [0.05, 0.1) is 11.6 Å². The van der Waals surface area contributed by atoms with Crippen molar-refractivity contribution in [1.29, 1.82) is 0 Å². The lowest BCUT2D eigenvalue weighted by Crippen LogP contribution is -2.21. The molecule has 1 fully saturated rings. The van der Waals surface area contributed by atoms with Gasteiger partial charge >= 0.3 is 0 Å². The average molecular weight is 304 g/mol. The molecule has 1 unspecified atom stereocenters. The van der Waals surface area contributed by atoms with Gasteiger partial charge in [-0.1, -0.05) is 26.3 Å². The maximum atomic E-state index is 5.92. The summed E-state index contributed by atoms with van der Waals surface area (Å²) in [5, 5.41) is 0. The molecule has 0 bridgehead atoms. The number of nitrogens with one attached hydrogen (secondary N) is 1. The van der Waals surface area contributed by atoms with E-state index >= 15 is 0 Å². The van der Waals surface area contributed by atoms with Crippen molar-refractivity contribution in [3.05, 3.63) is 23.0 Å². The molecule has 1 aromatic heterocycles. The topological polar surface area (TPSA) is 29.9 Å². The predicted molar refractivity (Wildman–Crippen MR) is 89.6 cm³/mol. The Morgan fingerprint density at radius 2 is 2.14 bits per heavy atom. The molecule has 1 saturated carbocycles. The molecule has 21 heavy (non-hydrogen) atoms. The van der Waals surface area contributed by atoms with Crippen LogP contribution in [-0.2, 0) is 0 Å². The van der Waals surface area contributed by atoms with Gasteiger partial charge in [-0.2, -0.15) is 0 Å². The summed E-state index contributed by atoms with van der Waals surface area (Å²) >= 11 is 5.62. The molecule has 1 aliphatic rings. The summed E-state index contributed by atoms with van der Waals surface area (Å²) in [5.74, 6) is 0.892. The Kier molecular flexibility index (Phi) is 3.60. The zero-order chi connectivity index (χ0) is 15.2. The molecule has 0 spiro atoms. The van der Waals surface area contributed by atoms with E-state index in [1.807, 2.05) is 19.9 Å². The van der Waals surface area contributed by atoms with Gasteiger partial charge in [-0.05, 0) is 56.5 Å². The third-order valence-corrected chi connectivity index (χ3v) is 4.89. The molecular weight excluding hydrogens is 280 g/mol. The number of para-hydroxylation sites is 1. The summed E-state index contributed by atoms with van der Waals surface area (Å²) in [6.07, 6.45) is 3.88. The van der Waals surface area contributed by atoms with E-state index in [0.717, 1.165) is 21.6 Å². The van der Waals surface area contributed by atoms with Crippen LogP contribution in [0.25, 0.3) is 11.0 Å². The number of rotatable bonds is 3. The molecule has 1 aliphatic carbocycles. The van der Waals surface area contributed by atoms with Crippen molar-refractivity contribution in [2.75, 3.05) is 0 Å². The van der Waals surface area contributed by atoms with Crippen LogP contribution in [0.5, 0.6) is 5.75 Å². The highest BCUT2D eigenvalue weighted by Crippen LogP contribution is 2.47. The molecule has 1 N–H and O–H groups in total. The first kappa shape index (κ1) is 14.6. The molecular formula is C17H24N2OS. The fourth-order valence-electron chi connectivity index (χ4n) is 3.57. The third-order valence-electron chi connectivity index (χ3n) is 4.59. The number of nitrogens with zero attached hydrogens (tertiary/aromatic N) is 1. The minimum absolute atomic E-state index is 0.156. The van der Waals surface area contributed by atoms with Crippen molar-refractivity contribution in [1.82, 2.24) is 9.55 Å². The molecule has 1 aromatic carbocycles. The number of fused-ring (bicyclic) bond motifs is 1. The fraction of sp³-hybridized carbons (Fsp3) is 0.588. The van der Waals surface area contributed by atoms with Crippen molar-refractivity contribution in [2.45, 2.75) is 59.1 Å². The van der Waals surface area contributed by atoms with Gasteiger partial charge < -0.3 is 14.3 Å². The first-order valence-electron chi connectivity index (χ1n) is 7.80. The number of benzene rings is 1. The van der Waals surface area contributed by atoms with E-state index < -0.39 is 0 Å². The van der Waals surface area contributed by atoms with Gasteiger partial charge in [-0.3, -0.25) is 0 Å². The van der Waals surface area contributed by atoms with Gasteiger partial charge in [0.15, 0.2) is 4.77 Å². The average Bonchev–Trinajstić information content (AvgIpc) is 2.88. The summed E-state index contributed by atoms with van der Waals surface area (Å²) in [7, 11) is 0. The van der Waals surface area contributed by atoms with E-state index in [9.17, 15) is 0 Å². The molecule has 114 valence electrons. The Morgan fingerprint density at radius 3 is 2.76 bits per heavy atom. The second kappa shape index (κ2) is 5.16. The van der Waals surface area contributed by atoms with E-state index in [-0.39, 0.29) is 6.10 Å². The van der Waals surface area contributed by atoms with E-state index in [1.54, 1.807) is 0 Å². The van der Waals surface area contributed by atoms with Crippen LogP contribution < -0.4 is 4.74 Å². The second-order valence-electron chi connectivity index (χ2n) is 7.01. The highest BCUT2D eigenvalue weighted by Gasteiger charge is 2.36.